The molecule has 0 unspecified atom stereocenters. The molecule has 0 spiro atoms. The third-order valence-electron chi connectivity index (χ3n) is 6.36. The summed E-state index contributed by atoms with van der Waals surface area (Å²) < 4.78 is 46.0. The van der Waals surface area contributed by atoms with Crippen LogP contribution in [-0.2, 0) is 11.2 Å². The molecule has 196 valence electrons. The molecule has 0 N–H and O–H groups in total. The predicted octanol–water partition coefficient (Wildman–Crippen LogP) is 6.30. The lowest BCUT2D eigenvalue weighted by Gasteiger charge is -2.35. The summed E-state index contributed by atoms with van der Waals surface area (Å²) in [6, 6.07) is 19.3. The van der Waals surface area contributed by atoms with Crippen molar-refractivity contribution in [1.29, 1.82) is 0 Å². The Hall–Kier alpha value is -2.09. The molecule has 36 heavy (non-hydrogen) atoms. The fourth-order valence-corrected chi connectivity index (χ4v) is 4.35. The van der Waals surface area contributed by atoms with E-state index in [0.29, 0.717) is 6.61 Å². The SMILES string of the molecule is Cl.Cl.Fc1ccc(CCCN2CCN(CCOC(c3ccc(F)cc3)c3ccc(F)cc3)CC2)cc1. The van der Waals surface area contributed by atoms with Crippen LogP contribution in [0.1, 0.15) is 29.2 Å². The van der Waals surface area contributed by atoms with Gasteiger partial charge >= 0.3 is 0 Å². The molecule has 1 saturated heterocycles. The highest BCUT2D eigenvalue weighted by Crippen LogP contribution is 2.26. The van der Waals surface area contributed by atoms with Crippen molar-refractivity contribution in [1.82, 2.24) is 9.80 Å². The zero-order chi connectivity index (χ0) is 23.8. The molecule has 3 aromatic rings. The van der Waals surface area contributed by atoms with Gasteiger partial charge in [0, 0.05) is 32.7 Å². The van der Waals surface area contributed by atoms with E-state index in [2.05, 4.69) is 9.80 Å². The second-order valence-corrected chi connectivity index (χ2v) is 8.77. The van der Waals surface area contributed by atoms with Gasteiger partial charge in [-0.1, -0.05) is 36.4 Å². The molecule has 1 aliphatic rings. The molecule has 3 aromatic carbocycles. The topological polar surface area (TPSA) is 15.7 Å². The molecule has 0 radical (unpaired) electrons. The van der Waals surface area contributed by atoms with Crippen molar-refractivity contribution < 1.29 is 17.9 Å². The van der Waals surface area contributed by atoms with Gasteiger partial charge in [-0.15, -0.1) is 24.8 Å². The third-order valence-corrected chi connectivity index (χ3v) is 6.36. The van der Waals surface area contributed by atoms with Crippen LogP contribution < -0.4 is 0 Å². The number of halogens is 5. The van der Waals surface area contributed by atoms with Gasteiger partial charge in [-0.3, -0.25) is 4.90 Å². The highest BCUT2D eigenvalue weighted by Gasteiger charge is 2.19. The highest BCUT2D eigenvalue weighted by atomic mass is 35.5. The minimum atomic E-state index is -0.367. The molecule has 0 atom stereocenters. The Morgan fingerprint density at radius 2 is 1.03 bits per heavy atom. The first kappa shape index (κ1) is 30.1. The summed E-state index contributed by atoms with van der Waals surface area (Å²) in [6.07, 6.45) is 1.66. The van der Waals surface area contributed by atoms with Crippen molar-refractivity contribution >= 4 is 24.8 Å². The van der Waals surface area contributed by atoms with Gasteiger partial charge in [0.2, 0.25) is 0 Å². The van der Waals surface area contributed by atoms with Gasteiger partial charge in [0.1, 0.15) is 23.6 Å². The van der Waals surface area contributed by atoms with Crippen LogP contribution in [0.5, 0.6) is 0 Å². The van der Waals surface area contributed by atoms with E-state index < -0.39 is 0 Å². The minimum absolute atomic E-state index is 0. The first-order valence-electron chi connectivity index (χ1n) is 11.9. The molecule has 0 amide bonds. The van der Waals surface area contributed by atoms with Gasteiger partial charge in [0.05, 0.1) is 6.61 Å². The molecule has 3 nitrogen and oxygen atoms in total. The second-order valence-electron chi connectivity index (χ2n) is 8.77. The summed E-state index contributed by atoms with van der Waals surface area (Å²) in [7, 11) is 0. The van der Waals surface area contributed by atoms with E-state index in [1.54, 1.807) is 24.3 Å². The fourth-order valence-electron chi connectivity index (χ4n) is 4.35. The molecule has 1 fully saturated rings. The highest BCUT2D eigenvalue weighted by molar-refractivity contribution is 5.85. The van der Waals surface area contributed by atoms with E-state index in [4.69, 9.17) is 4.74 Å². The maximum absolute atomic E-state index is 13.4. The Kier molecular flexibility index (Phi) is 12.7. The van der Waals surface area contributed by atoms with Gasteiger partial charge in [-0.05, 0) is 72.5 Å². The zero-order valence-corrected chi connectivity index (χ0v) is 21.8. The normalized spacial score (nSPS) is 14.3. The number of hydrogen-bond donors (Lipinski definition) is 0. The van der Waals surface area contributed by atoms with Crippen molar-refractivity contribution in [3.8, 4) is 0 Å². The Balaban J connectivity index is 0.00000228. The van der Waals surface area contributed by atoms with Crippen LogP contribution in [0.4, 0.5) is 13.2 Å². The number of rotatable bonds is 10. The molecule has 8 heteroatoms. The summed E-state index contributed by atoms with van der Waals surface area (Å²) in [5.74, 6) is -0.778. The number of nitrogens with zero attached hydrogens (tertiary/aromatic N) is 2. The third kappa shape index (κ3) is 9.09. The second kappa shape index (κ2) is 15.2. The monoisotopic (exact) mass is 540 g/mol. The van der Waals surface area contributed by atoms with Crippen LogP contribution >= 0.6 is 24.8 Å². The maximum atomic E-state index is 13.4. The van der Waals surface area contributed by atoms with Gasteiger partial charge < -0.3 is 9.64 Å². The summed E-state index contributed by atoms with van der Waals surface area (Å²) in [5, 5.41) is 0. The standard InChI is InChI=1S/C28H31F3N2O.2ClH/c29-25-9-3-22(4-10-25)2-1-15-32-16-18-33(19-17-32)20-21-34-28(23-5-11-26(30)12-6-23)24-7-13-27(31)14-8-24;;/h3-14,28H,1-2,15-21H2;2*1H. The smallest absolute Gasteiger partial charge is 0.123 e. The lowest BCUT2D eigenvalue weighted by molar-refractivity contribution is 0.0451. The lowest BCUT2D eigenvalue weighted by atomic mass is 10.0. The fraction of sp³-hybridized carbons (Fsp3) is 0.357. The van der Waals surface area contributed by atoms with E-state index in [0.717, 1.165) is 63.2 Å². The van der Waals surface area contributed by atoms with Gasteiger partial charge in [0.15, 0.2) is 0 Å². The molecule has 0 bridgehead atoms. The Labute approximate surface area is 224 Å². The lowest BCUT2D eigenvalue weighted by Crippen LogP contribution is -2.47. The van der Waals surface area contributed by atoms with Crippen LogP contribution in [0.25, 0.3) is 0 Å². The van der Waals surface area contributed by atoms with Crippen molar-refractivity contribution in [2.75, 3.05) is 45.9 Å². The average Bonchev–Trinajstić information content (AvgIpc) is 2.85. The first-order valence-corrected chi connectivity index (χ1v) is 11.9. The summed E-state index contributed by atoms with van der Waals surface area (Å²) in [5.41, 5.74) is 2.87. The van der Waals surface area contributed by atoms with Crippen LogP contribution in [0.15, 0.2) is 72.8 Å². The number of hydrogen-bond acceptors (Lipinski definition) is 3. The first-order chi connectivity index (χ1) is 16.6. The van der Waals surface area contributed by atoms with Gasteiger partial charge in [-0.2, -0.15) is 0 Å². The average molecular weight is 541 g/mol. The van der Waals surface area contributed by atoms with Crippen LogP contribution in [-0.4, -0.2) is 55.7 Å². The zero-order valence-electron chi connectivity index (χ0n) is 20.1. The van der Waals surface area contributed by atoms with Crippen molar-refractivity contribution in [2.45, 2.75) is 18.9 Å². The van der Waals surface area contributed by atoms with Crippen molar-refractivity contribution in [3.05, 3.63) is 107 Å². The number of ether oxygens (including phenoxy) is 1. The van der Waals surface area contributed by atoms with Gasteiger partial charge in [0.25, 0.3) is 0 Å². The Morgan fingerprint density at radius 3 is 1.50 bits per heavy atom. The van der Waals surface area contributed by atoms with E-state index in [1.165, 1.54) is 42.0 Å². The van der Waals surface area contributed by atoms with Crippen LogP contribution in [0, 0.1) is 17.5 Å². The minimum Gasteiger partial charge on any atom is -0.367 e. The van der Waals surface area contributed by atoms with Crippen LogP contribution in [0.2, 0.25) is 0 Å². The Morgan fingerprint density at radius 1 is 0.611 bits per heavy atom. The molecule has 0 aliphatic carbocycles. The van der Waals surface area contributed by atoms with E-state index in [-0.39, 0.29) is 48.4 Å². The molecular formula is C28H33Cl2F3N2O. The summed E-state index contributed by atoms with van der Waals surface area (Å²) in [4.78, 5) is 4.86. The summed E-state index contributed by atoms with van der Waals surface area (Å²) >= 11 is 0. The summed E-state index contributed by atoms with van der Waals surface area (Å²) in [6.45, 7) is 6.38. The molecule has 1 heterocycles. The largest absolute Gasteiger partial charge is 0.367 e. The van der Waals surface area contributed by atoms with E-state index >= 15 is 0 Å². The van der Waals surface area contributed by atoms with Crippen molar-refractivity contribution in [2.24, 2.45) is 0 Å². The number of piperazine rings is 1. The molecular weight excluding hydrogens is 508 g/mol. The molecule has 1 aliphatic heterocycles. The molecule has 4 rings (SSSR count). The van der Waals surface area contributed by atoms with Crippen molar-refractivity contribution in [3.63, 3.8) is 0 Å². The number of benzene rings is 3. The number of aryl methyl sites for hydroxylation is 1. The molecule has 0 saturated carbocycles. The Bertz CT molecular complexity index is 967. The quantitative estimate of drug-likeness (QED) is 0.300. The molecule has 0 aromatic heterocycles. The van der Waals surface area contributed by atoms with Crippen LogP contribution in [0.3, 0.4) is 0 Å². The maximum Gasteiger partial charge on any atom is 0.123 e. The van der Waals surface area contributed by atoms with E-state index in [9.17, 15) is 13.2 Å². The van der Waals surface area contributed by atoms with E-state index in [1.807, 2.05) is 12.1 Å². The predicted molar refractivity (Wildman–Crippen MR) is 143 cm³/mol. The van der Waals surface area contributed by atoms with Gasteiger partial charge in [-0.25, -0.2) is 13.2 Å².